The van der Waals surface area contributed by atoms with Crippen LogP contribution in [0, 0.1) is 0 Å². The van der Waals surface area contributed by atoms with Gasteiger partial charge in [0, 0.05) is 20.1 Å². The molecule has 17 heavy (non-hydrogen) atoms. The van der Waals surface area contributed by atoms with Crippen LogP contribution in [0.25, 0.3) is 0 Å². The molecule has 2 heterocycles. The highest BCUT2D eigenvalue weighted by molar-refractivity contribution is 5.92. The fraction of sp³-hybridized carbons (Fsp3) is 0.583. The van der Waals surface area contributed by atoms with E-state index in [1.54, 1.807) is 19.4 Å². The Morgan fingerprint density at radius 3 is 2.41 bits per heavy atom. The highest BCUT2D eigenvalue weighted by atomic mass is 16.2. The van der Waals surface area contributed by atoms with E-state index in [1.165, 1.54) is 12.8 Å². The van der Waals surface area contributed by atoms with Crippen molar-refractivity contribution in [3.8, 4) is 0 Å². The van der Waals surface area contributed by atoms with Crippen LogP contribution >= 0.6 is 0 Å². The Bertz CT molecular complexity index is 369. The third-order valence-electron chi connectivity index (χ3n) is 3.02. The standard InChI is InChI=1S/C12H18N4O/c1-13-11-9-14-10(8-15-11)12(17)16-6-4-2-3-5-7-16/h8-9H,2-7H2,1H3,(H,13,15). The van der Waals surface area contributed by atoms with Crippen molar-refractivity contribution < 1.29 is 4.79 Å². The van der Waals surface area contributed by atoms with Gasteiger partial charge in [-0.3, -0.25) is 4.79 Å². The molecule has 1 aromatic heterocycles. The lowest BCUT2D eigenvalue weighted by Crippen LogP contribution is -2.32. The molecule has 1 amide bonds. The third-order valence-corrected chi connectivity index (χ3v) is 3.02. The summed E-state index contributed by atoms with van der Waals surface area (Å²) in [6, 6.07) is 0. The largest absolute Gasteiger partial charge is 0.372 e. The lowest BCUT2D eigenvalue weighted by Gasteiger charge is -2.19. The number of hydrogen-bond acceptors (Lipinski definition) is 4. The number of carbonyl (C=O) groups is 1. The molecule has 5 nitrogen and oxygen atoms in total. The van der Waals surface area contributed by atoms with E-state index in [-0.39, 0.29) is 5.91 Å². The van der Waals surface area contributed by atoms with Gasteiger partial charge in [-0.15, -0.1) is 0 Å². The second-order valence-electron chi connectivity index (χ2n) is 4.24. The van der Waals surface area contributed by atoms with Gasteiger partial charge in [-0.2, -0.15) is 0 Å². The lowest BCUT2D eigenvalue weighted by molar-refractivity contribution is 0.0755. The Hall–Kier alpha value is -1.65. The smallest absolute Gasteiger partial charge is 0.274 e. The molecule has 2 rings (SSSR count). The van der Waals surface area contributed by atoms with Crippen LogP contribution < -0.4 is 5.32 Å². The van der Waals surface area contributed by atoms with Gasteiger partial charge in [0.25, 0.3) is 5.91 Å². The van der Waals surface area contributed by atoms with E-state index in [0.29, 0.717) is 11.5 Å². The molecule has 1 saturated heterocycles. The molecule has 0 spiro atoms. The van der Waals surface area contributed by atoms with Gasteiger partial charge in [-0.05, 0) is 12.8 Å². The highest BCUT2D eigenvalue weighted by Crippen LogP contribution is 2.12. The molecule has 0 atom stereocenters. The van der Waals surface area contributed by atoms with Crippen LogP contribution in [0.5, 0.6) is 0 Å². The van der Waals surface area contributed by atoms with Gasteiger partial charge in [0.1, 0.15) is 11.5 Å². The van der Waals surface area contributed by atoms with E-state index >= 15 is 0 Å². The molecule has 0 saturated carbocycles. The molecule has 1 aliphatic heterocycles. The molecule has 1 aromatic rings. The first kappa shape index (κ1) is 11.8. The zero-order chi connectivity index (χ0) is 12.1. The van der Waals surface area contributed by atoms with Gasteiger partial charge in [0.15, 0.2) is 0 Å². The molecule has 0 aliphatic carbocycles. The van der Waals surface area contributed by atoms with E-state index in [4.69, 9.17) is 0 Å². The Morgan fingerprint density at radius 1 is 1.18 bits per heavy atom. The number of nitrogens with zero attached hydrogens (tertiary/aromatic N) is 3. The van der Waals surface area contributed by atoms with Crippen LogP contribution in [-0.2, 0) is 0 Å². The molecule has 92 valence electrons. The molecule has 5 heteroatoms. The summed E-state index contributed by atoms with van der Waals surface area (Å²) < 4.78 is 0. The van der Waals surface area contributed by atoms with Crippen molar-refractivity contribution in [2.45, 2.75) is 25.7 Å². The van der Waals surface area contributed by atoms with E-state index in [2.05, 4.69) is 15.3 Å². The first-order valence-corrected chi connectivity index (χ1v) is 6.10. The number of hydrogen-bond donors (Lipinski definition) is 1. The third kappa shape index (κ3) is 2.93. The minimum Gasteiger partial charge on any atom is -0.372 e. The van der Waals surface area contributed by atoms with E-state index in [9.17, 15) is 4.79 Å². The summed E-state index contributed by atoms with van der Waals surface area (Å²) in [7, 11) is 1.78. The SMILES string of the molecule is CNc1cnc(C(=O)N2CCCCCC2)cn1. The van der Waals surface area contributed by atoms with Gasteiger partial charge in [-0.25, -0.2) is 9.97 Å². The molecule has 1 fully saturated rings. The average molecular weight is 234 g/mol. The van der Waals surface area contributed by atoms with Crippen LogP contribution in [-0.4, -0.2) is 40.9 Å². The summed E-state index contributed by atoms with van der Waals surface area (Å²) in [5, 5.41) is 2.88. The van der Waals surface area contributed by atoms with Crippen molar-refractivity contribution in [3.05, 3.63) is 18.1 Å². The number of amides is 1. The maximum atomic E-state index is 12.2. The number of anilines is 1. The molecule has 0 unspecified atom stereocenters. The summed E-state index contributed by atoms with van der Waals surface area (Å²) in [6.07, 6.45) is 7.74. The fourth-order valence-corrected chi connectivity index (χ4v) is 2.00. The summed E-state index contributed by atoms with van der Waals surface area (Å²) >= 11 is 0. The van der Waals surface area contributed by atoms with Crippen LogP contribution in [0.15, 0.2) is 12.4 Å². The second-order valence-corrected chi connectivity index (χ2v) is 4.24. The maximum Gasteiger partial charge on any atom is 0.274 e. The first-order valence-electron chi connectivity index (χ1n) is 6.10. The van der Waals surface area contributed by atoms with E-state index in [0.717, 1.165) is 25.9 Å². The number of rotatable bonds is 2. The molecule has 0 bridgehead atoms. The minimum atomic E-state index is 0.00190. The van der Waals surface area contributed by atoms with Crippen molar-refractivity contribution in [1.29, 1.82) is 0 Å². The normalized spacial score (nSPS) is 16.4. The van der Waals surface area contributed by atoms with Gasteiger partial charge >= 0.3 is 0 Å². The zero-order valence-corrected chi connectivity index (χ0v) is 10.1. The van der Waals surface area contributed by atoms with Crippen LogP contribution in [0.4, 0.5) is 5.82 Å². The lowest BCUT2D eigenvalue weighted by atomic mass is 10.2. The Balaban J connectivity index is 2.06. The summed E-state index contributed by atoms with van der Waals surface area (Å²) in [6.45, 7) is 1.68. The van der Waals surface area contributed by atoms with Crippen LogP contribution in [0.1, 0.15) is 36.2 Å². The maximum absolute atomic E-state index is 12.2. The highest BCUT2D eigenvalue weighted by Gasteiger charge is 2.18. The van der Waals surface area contributed by atoms with Crippen molar-refractivity contribution in [1.82, 2.24) is 14.9 Å². The number of nitrogens with one attached hydrogen (secondary N) is 1. The summed E-state index contributed by atoms with van der Waals surface area (Å²) in [5.41, 5.74) is 0.436. The summed E-state index contributed by atoms with van der Waals surface area (Å²) in [5.74, 6) is 0.680. The predicted octanol–water partition coefficient (Wildman–Crippen LogP) is 1.53. The van der Waals surface area contributed by atoms with Crippen LogP contribution in [0.3, 0.4) is 0 Å². The number of likely N-dealkylation sites (tertiary alicyclic amines) is 1. The molecule has 1 aliphatic rings. The summed E-state index contributed by atoms with van der Waals surface area (Å²) in [4.78, 5) is 22.3. The van der Waals surface area contributed by atoms with Gasteiger partial charge < -0.3 is 10.2 Å². The molecule has 0 radical (unpaired) electrons. The molecule has 0 aromatic carbocycles. The Labute approximate surface area is 101 Å². The number of aromatic nitrogens is 2. The van der Waals surface area contributed by atoms with Crippen molar-refractivity contribution in [3.63, 3.8) is 0 Å². The molecular weight excluding hydrogens is 216 g/mol. The van der Waals surface area contributed by atoms with Gasteiger partial charge in [0.2, 0.25) is 0 Å². The quantitative estimate of drug-likeness (QED) is 0.843. The Kier molecular flexibility index (Phi) is 3.90. The van der Waals surface area contributed by atoms with Crippen LogP contribution in [0.2, 0.25) is 0 Å². The van der Waals surface area contributed by atoms with Crippen molar-refractivity contribution >= 4 is 11.7 Å². The van der Waals surface area contributed by atoms with Crippen molar-refractivity contribution in [2.75, 3.05) is 25.5 Å². The monoisotopic (exact) mass is 234 g/mol. The predicted molar refractivity (Wildman–Crippen MR) is 66.0 cm³/mol. The van der Waals surface area contributed by atoms with E-state index in [1.807, 2.05) is 4.90 Å². The fourth-order valence-electron chi connectivity index (χ4n) is 2.00. The Morgan fingerprint density at radius 2 is 1.88 bits per heavy atom. The first-order chi connectivity index (χ1) is 8.31. The topological polar surface area (TPSA) is 58.1 Å². The molecular formula is C12H18N4O. The van der Waals surface area contributed by atoms with E-state index < -0.39 is 0 Å². The number of carbonyl (C=O) groups excluding carboxylic acids is 1. The zero-order valence-electron chi connectivity index (χ0n) is 10.1. The minimum absolute atomic E-state index is 0.00190. The van der Waals surface area contributed by atoms with Gasteiger partial charge in [0.05, 0.1) is 12.4 Å². The average Bonchev–Trinajstić information content (AvgIpc) is 2.67. The second kappa shape index (κ2) is 5.61. The molecule has 1 N–H and O–H groups in total. The van der Waals surface area contributed by atoms with Crippen molar-refractivity contribution in [2.24, 2.45) is 0 Å². The van der Waals surface area contributed by atoms with Gasteiger partial charge in [-0.1, -0.05) is 12.8 Å².